The molecule has 1 N–H and O–H groups in total. The smallest absolute Gasteiger partial charge is 0.338 e. The third kappa shape index (κ3) is 6.06. The molecule has 2 aromatic rings. The second-order valence-corrected chi connectivity index (χ2v) is 9.17. The van der Waals surface area contributed by atoms with Gasteiger partial charge in [0.1, 0.15) is 0 Å². The first-order chi connectivity index (χ1) is 17.9. The van der Waals surface area contributed by atoms with Gasteiger partial charge in [-0.1, -0.05) is 36.4 Å². The minimum absolute atomic E-state index is 0.240. The summed E-state index contributed by atoms with van der Waals surface area (Å²) in [6.07, 6.45) is 0. The van der Waals surface area contributed by atoms with Crippen molar-refractivity contribution in [2.45, 2.75) is 19.5 Å². The standard InChI is InChI=1S/C28H36N4O5/c1-5-37-27(33)25-22(19-32-15-13-31(14-16-32)18-20-9-7-6-8-10-20)30(2)28(34)29-26(25)21-11-12-23(35-3)24(17-21)36-4/h6-12,17,26H,5,13-16,18-19H2,1-4H3,(H,29,34). The summed E-state index contributed by atoms with van der Waals surface area (Å²) in [5.41, 5.74) is 3.10. The number of amides is 2. The van der Waals surface area contributed by atoms with Gasteiger partial charge in [-0.15, -0.1) is 0 Å². The molecule has 1 atom stereocenters. The molecule has 2 aliphatic rings. The average molecular weight is 509 g/mol. The predicted molar refractivity (Wildman–Crippen MR) is 140 cm³/mol. The molecule has 198 valence electrons. The number of urea groups is 1. The van der Waals surface area contributed by atoms with Crippen molar-refractivity contribution in [1.82, 2.24) is 20.0 Å². The maximum absolute atomic E-state index is 13.3. The van der Waals surface area contributed by atoms with Gasteiger partial charge in [-0.3, -0.25) is 14.7 Å². The van der Waals surface area contributed by atoms with Crippen LogP contribution in [-0.4, -0.2) is 87.3 Å². The van der Waals surface area contributed by atoms with E-state index in [0.717, 1.165) is 32.7 Å². The van der Waals surface area contributed by atoms with Gasteiger partial charge < -0.3 is 19.5 Å². The van der Waals surface area contributed by atoms with Gasteiger partial charge in [-0.05, 0) is 30.2 Å². The molecule has 37 heavy (non-hydrogen) atoms. The monoisotopic (exact) mass is 508 g/mol. The Kier molecular flexibility index (Phi) is 8.68. The number of carbonyl (C=O) groups is 2. The third-order valence-corrected chi connectivity index (χ3v) is 6.90. The third-order valence-electron chi connectivity index (χ3n) is 6.90. The summed E-state index contributed by atoms with van der Waals surface area (Å²) in [4.78, 5) is 32.6. The van der Waals surface area contributed by atoms with Crippen molar-refractivity contribution in [3.05, 3.63) is 70.9 Å². The van der Waals surface area contributed by atoms with Crippen LogP contribution in [0.15, 0.2) is 59.8 Å². The lowest BCUT2D eigenvalue weighted by Gasteiger charge is -2.39. The van der Waals surface area contributed by atoms with Crippen LogP contribution in [0.5, 0.6) is 11.5 Å². The summed E-state index contributed by atoms with van der Waals surface area (Å²) in [5, 5.41) is 2.97. The van der Waals surface area contributed by atoms with Gasteiger partial charge in [-0.2, -0.15) is 0 Å². The number of nitrogens with one attached hydrogen (secondary N) is 1. The lowest BCUT2D eigenvalue weighted by Crippen LogP contribution is -2.52. The van der Waals surface area contributed by atoms with Crippen molar-refractivity contribution in [1.29, 1.82) is 0 Å². The van der Waals surface area contributed by atoms with E-state index in [-0.39, 0.29) is 12.6 Å². The molecule has 0 aromatic heterocycles. The van der Waals surface area contributed by atoms with Crippen LogP contribution >= 0.6 is 0 Å². The van der Waals surface area contributed by atoms with E-state index in [1.165, 1.54) is 10.5 Å². The first kappa shape index (κ1) is 26.5. The van der Waals surface area contributed by atoms with Crippen LogP contribution in [0.3, 0.4) is 0 Å². The first-order valence-electron chi connectivity index (χ1n) is 12.6. The Balaban J connectivity index is 1.59. The maximum atomic E-state index is 13.3. The predicted octanol–water partition coefficient (Wildman–Crippen LogP) is 3.03. The number of ether oxygens (including phenoxy) is 3. The Morgan fingerprint density at radius 1 is 0.946 bits per heavy atom. The van der Waals surface area contributed by atoms with E-state index >= 15 is 0 Å². The topological polar surface area (TPSA) is 83.6 Å². The number of piperazine rings is 1. The number of rotatable bonds is 9. The highest BCUT2D eigenvalue weighted by Crippen LogP contribution is 2.36. The summed E-state index contributed by atoms with van der Waals surface area (Å²) in [7, 11) is 4.82. The summed E-state index contributed by atoms with van der Waals surface area (Å²) < 4.78 is 16.3. The molecule has 1 fully saturated rings. The molecule has 0 saturated carbocycles. The summed E-state index contributed by atoms with van der Waals surface area (Å²) in [6.45, 7) is 6.89. The van der Waals surface area contributed by atoms with Crippen LogP contribution in [0.4, 0.5) is 4.79 Å². The van der Waals surface area contributed by atoms with Crippen LogP contribution < -0.4 is 14.8 Å². The van der Waals surface area contributed by atoms with Crippen LogP contribution in [-0.2, 0) is 16.1 Å². The Labute approximate surface area is 218 Å². The molecule has 9 heteroatoms. The van der Waals surface area contributed by atoms with Crippen molar-refractivity contribution in [2.24, 2.45) is 0 Å². The lowest BCUT2D eigenvalue weighted by molar-refractivity contribution is -0.139. The number of nitrogens with zero attached hydrogens (tertiary/aromatic N) is 3. The van der Waals surface area contributed by atoms with Crippen molar-refractivity contribution >= 4 is 12.0 Å². The zero-order valence-corrected chi connectivity index (χ0v) is 22.0. The molecule has 2 aromatic carbocycles. The molecule has 0 spiro atoms. The fourth-order valence-corrected chi connectivity index (χ4v) is 4.84. The Morgan fingerprint density at radius 2 is 1.59 bits per heavy atom. The number of hydrogen-bond acceptors (Lipinski definition) is 7. The minimum Gasteiger partial charge on any atom is -0.493 e. The van der Waals surface area contributed by atoms with Crippen molar-refractivity contribution < 1.29 is 23.8 Å². The van der Waals surface area contributed by atoms with E-state index in [2.05, 4.69) is 39.4 Å². The molecule has 4 rings (SSSR count). The SMILES string of the molecule is CCOC(=O)C1=C(CN2CCN(Cc3ccccc3)CC2)N(C)C(=O)NC1c1ccc(OC)c(OC)c1. The van der Waals surface area contributed by atoms with Crippen molar-refractivity contribution in [3.63, 3.8) is 0 Å². The zero-order valence-electron chi connectivity index (χ0n) is 22.0. The quantitative estimate of drug-likeness (QED) is 0.522. The number of likely N-dealkylation sites (N-methyl/N-ethyl adjacent to an activating group) is 1. The number of carbonyl (C=O) groups excluding carboxylic acids is 2. The second kappa shape index (κ2) is 12.1. The highest BCUT2D eigenvalue weighted by Gasteiger charge is 2.38. The van der Waals surface area contributed by atoms with Gasteiger partial charge in [0.2, 0.25) is 0 Å². The van der Waals surface area contributed by atoms with Gasteiger partial charge in [0.15, 0.2) is 11.5 Å². The van der Waals surface area contributed by atoms with E-state index in [0.29, 0.717) is 34.9 Å². The first-order valence-corrected chi connectivity index (χ1v) is 12.6. The van der Waals surface area contributed by atoms with E-state index < -0.39 is 12.0 Å². The molecular weight excluding hydrogens is 472 g/mol. The van der Waals surface area contributed by atoms with Gasteiger partial charge in [0.25, 0.3) is 0 Å². The molecule has 2 amide bonds. The Hall–Kier alpha value is -3.56. The molecule has 0 bridgehead atoms. The maximum Gasteiger partial charge on any atom is 0.338 e. The van der Waals surface area contributed by atoms with Gasteiger partial charge in [-0.25, -0.2) is 9.59 Å². The van der Waals surface area contributed by atoms with Gasteiger partial charge >= 0.3 is 12.0 Å². The largest absolute Gasteiger partial charge is 0.493 e. The molecule has 0 radical (unpaired) electrons. The van der Waals surface area contributed by atoms with Crippen LogP contribution in [0.2, 0.25) is 0 Å². The highest BCUT2D eigenvalue weighted by atomic mass is 16.5. The molecule has 9 nitrogen and oxygen atoms in total. The molecule has 0 aliphatic carbocycles. The van der Waals surface area contributed by atoms with Crippen molar-refractivity contribution in [2.75, 3.05) is 60.6 Å². The highest BCUT2D eigenvalue weighted by molar-refractivity contribution is 5.95. The van der Waals surface area contributed by atoms with E-state index in [1.807, 2.05) is 12.1 Å². The van der Waals surface area contributed by atoms with Gasteiger partial charge in [0.05, 0.1) is 32.4 Å². The van der Waals surface area contributed by atoms with Gasteiger partial charge in [0, 0.05) is 52.0 Å². The number of esters is 1. The Bertz CT molecular complexity index is 1130. The fraction of sp³-hybridized carbons (Fsp3) is 0.429. The fourth-order valence-electron chi connectivity index (χ4n) is 4.84. The number of methoxy groups -OCH3 is 2. The molecule has 1 saturated heterocycles. The van der Waals surface area contributed by atoms with E-state index in [9.17, 15) is 9.59 Å². The summed E-state index contributed by atoms with van der Waals surface area (Å²) in [5.74, 6) is 0.653. The van der Waals surface area contributed by atoms with E-state index in [1.54, 1.807) is 40.3 Å². The number of hydrogen-bond donors (Lipinski definition) is 1. The van der Waals surface area contributed by atoms with Crippen molar-refractivity contribution in [3.8, 4) is 11.5 Å². The molecule has 2 heterocycles. The Morgan fingerprint density at radius 3 is 2.22 bits per heavy atom. The molecular formula is C28H36N4O5. The minimum atomic E-state index is -0.670. The number of benzene rings is 2. The average Bonchev–Trinajstić information content (AvgIpc) is 2.92. The molecule has 1 unspecified atom stereocenters. The second-order valence-electron chi connectivity index (χ2n) is 9.17. The zero-order chi connectivity index (χ0) is 26.4. The van der Waals surface area contributed by atoms with Crippen LogP contribution in [0, 0.1) is 0 Å². The normalized spacial score (nSPS) is 19.0. The van der Waals surface area contributed by atoms with Crippen LogP contribution in [0.1, 0.15) is 24.1 Å². The summed E-state index contributed by atoms with van der Waals surface area (Å²) in [6, 6.07) is 14.9. The van der Waals surface area contributed by atoms with Crippen LogP contribution in [0.25, 0.3) is 0 Å². The van der Waals surface area contributed by atoms with E-state index in [4.69, 9.17) is 14.2 Å². The molecule has 2 aliphatic heterocycles. The summed E-state index contributed by atoms with van der Waals surface area (Å²) >= 11 is 0. The lowest BCUT2D eigenvalue weighted by atomic mass is 9.94.